The van der Waals surface area contributed by atoms with Crippen LogP contribution in [-0.4, -0.2) is 16.8 Å². The van der Waals surface area contributed by atoms with Gasteiger partial charge in [0, 0.05) is 12.5 Å². The van der Waals surface area contributed by atoms with Crippen LogP contribution in [0.25, 0.3) is 0 Å². The van der Waals surface area contributed by atoms with Gasteiger partial charge in [-0.15, -0.1) is 0 Å². The predicted molar refractivity (Wildman–Crippen MR) is 60.2 cm³/mol. The highest BCUT2D eigenvalue weighted by Gasteiger charge is 2.18. The molecule has 82 valence electrons. The summed E-state index contributed by atoms with van der Waals surface area (Å²) in [4.78, 5) is 0. The molecule has 1 aliphatic rings. The van der Waals surface area contributed by atoms with Crippen LogP contribution < -0.4 is 0 Å². The van der Waals surface area contributed by atoms with Gasteiger partial charge in [0.05, 0.1) is 0 Å². The third-order valence-electron chi connectivity index (χ3n) is 3.34. The minimum Gasteiger partial charge on any atom is -0.507 e. The fourth-order valence-corrected chi connectivity index (χ4v) is 2.32. The molecule has 0 heterocycles. The summed E-state index contributed by atoms with van der Waals surface area (Å²) in [6.07, 6.45) is 4.45. The molecule has 2 heteroatoms. The lowest BCUT2D eigenvalue weighted by molar-refractivity contribution is 0.270. The summed E-state index contributed by atoms with van der Waals surface area (Å²) in [7, 11) is 0. The van der Waals surface area contributed by atoms with Gasteiger partial charge in [-0.25, -0.2) is 0 Å². The van der Waals surface area contributed by atoms with Crippen molar-refractivity contribution in [2.24, 2.45) is 0 Å². The molecule has 0 aromatic heterocycles. The van der Waals surface area contributed by atoms with Crippen LogP contribution in [0.1, 0.15) is 42.4 Å². The quantitative estimate of drug-likeness (QED) is 0.780. The molecule has 1 unspecified atom stereocenters. The number of hydrogen-bond acceptors (Lipinski definition) is 2. The first kappa shape index (κ1) is 10.5. The van der Waals surface area contributed by atoms with Gasteiger partial charge < -0.3 is 10.2 Å². The summed E-state index contributed by atoms with van der Waals surface area (Å²) in [5.41, 5.74) is 3.28. The molecule has 0 bridgehead atoms. The number of benzene rings is 1. The predicted octanol–water partition coefficient (Wildman–Crippen LogP) is 2.37. The molecule has 1 atom stereocenters. The Morgan fingerprint density at radius 3 is 2.73 bits per heavy atom. The molecule has 0 saturated heterocycles. The van der Waals surface area contributed by atoms with Crippen molar-refractivity contribution in [2.45, 2.75) is 38.5 Å². The fourth-order valence-electron chi connectivity index (χ4n) is 2.32. The molecule has 0 saturated carbocycles. The Bertz CT molecular complexity index is 358. The van der Waals surface area contributed by atoms with Gasteiger partial charge >= 0.3 is 0 Å². The highest BCUT2D eigenvalue weighted by Crippen LogP contribution is 2.35. The van der Waals surface area contributed by atoms with E-state index in [1.165, 1.54) is 12.0 Å². The standard InChI is InChI=1S/C13H18O2/c1-9(8-14)11-7-6-10-4-2-3-5-12(10)13(11)15/h6-7,9,14-15H,2-5,8H2,1H3. The molecule has 0 amide bonds. The van der Waals surface area contributed by atoms with Crippen LogP contribution in [0.3, 0.4) is 0 Å². The van der Waals surface area contributed by atoms with Gasteiger partial charge in [-0.05, 0) is 42.4 Å². The van der Waals surface area contributed by atoms with Crippen molar-refractivity contribution in [3.63, 3.8) is 0 Å². The molecule has 0 spiro atoms. The van der Waals surface area contributed by atoms with E-state index < -0.39 is 0 Å². The van der Waals surface area contributed by atoms with E-state index in [-0.39, 0.29) is 12.5 Å². The number of phenols is 1. The summed E-state index contributed by atoms with van der Waals surface area (Å²) in [6.45, 7) is 2.02. The number of phenolic OH excluding ortho intramolecular Hbond substituents is 1. The molecular weight excluding hydrogens is 188 g/mol. The van der Waals surface area contributed by atoms with Gasteiger partial charge in [0.25, 0.3) is 0 Å². The average molecular weight is 206 g/mol. The molecule has 2 nitrogen and oxygen atoms in total. The first-order valence-electron chi connectivity index (χ1n) is 5.68. The van der Waals surface area contributed by atoms with Crippen LogP contribution in [0.4, 0.5) is 0 Å². The third-order valence-corrected chi connectivity index (χ3v) is 3.34. The van der Waals surface area contributed by atoms with Gasteiger partial charge in [-0.2, -0.15) is 0 Å². The van der Waals surface area contributed by atoms with Crippen LogP contribution in [0.5, 0.6) is 5.75 Å². The highest BCUT2D eigenvalue weighted by molar-refractivity contribution is 5.48. The molecule has 2 rings (SSSR count). The van der Waals surface area contributed by atoms with Crippen LogP contribution in [-0.2, 0) is 12.8 Å². The van der Waals surface area contributed by atoms with Crippen molar-refractivity contribution in [3.05, 3.63) is 28.8 Å². The summed E-state index contributed by atoms with van der Waals surface area (Å²) in [6, 6.07) is 4.07. The Balaban J connectivity index is 2.43. The SMILES string of the molecule is CC(CO)c1ccc2c(c1O)CCCC2. The molecule has 2 N–H and O–H groups in total. The van der Waals surface area contributed by atoms with Crippen molar-refractivity contribution in [3.8, 4) is 5.75 Å². The van der Waals surface area contributed by atoms with E-state index in [4.69, 9.17) is 5.11 Å². The van der Waals surface area contributed by atoms with Crippen molar-refractivity contribution in [1.29, 1.82) is 0 Å². The van der Waals surface area contributed by atoms with Crippen LogP contribution in [0.15, 0.2) is 12.1 Å². The first-order valence-corrected chi connectivity index (χ1v) is 5.68. The number of rotatable bonds is 2. The first-order chi connectivity index (χ1) is 7.24. The van der Waals surface area contributed by atoms with E-state index in [1.807, 2.05) is 13.0 Å². The zero-order chi connectivity index (χ0) is 10.8. The summed E-state index contributed by atoms with van der Waals surface area (Å²) in [5.74, 6) is 0.450. The number of hydrogen-bond donors (Lipinski definition) is 2. The second-order valence-corrected chi connectivity index (χ2v) is 4.43. The van der Waals surface area contributed by atoms with Gasteiger partial charge in [0.15, 0.2) is 0 Å². The van der Waals surface area contributed by atoms with Gasteiger partial charge in [-0.1, -0.05) is 19.1 Å². The third kappa shape index (κ3) is 1.86. The van der Waals surface area contributed by atoms with Crippen LogP contribution in [0.2, 0.25) is 0 Å². The van der Waals surface area contributed by atoms with Crippen molar-refractivity contribution in [2.75, 3.05) is 6.61 Å². The van der Waals surface area contributed by atoms with E-state index >= 15 is 0 Å². The Morgan fingerprint density at radius 2 is 2.00 bits per heavy atom. The summed E-state index contributed by atoms with van der Waals surface area (Å²) in [5, 5.41) is 19.2. The minimum atomic E-state index is 0.0252. The molecular formula is C13H18O2. The molecule has 1 aromatic carbocycles. The maximum absolute atomic E-state index is 10.1. The second-order valence-electron chi connectivity index (χ2n) is 4.43. The number of fused-ring (bicyclic) bond motifs is 1. The largest absolute Gasteiger partial charge is 0.507 e. The van der Waals surface area contributed by atoms with E-state index in [2.05, 4.69) is 6.07 Å². The fraction of sp³-hybridized carbons (Fsp3) is 0.538. The van der Waals surface area contributed by atoms with Crippen molar-refractivity contribution in [1.82, 2.24) is 0 Å². The molecule has 0 aliphatic heterocycles. The average Bonchev–Trinajstić information content (AvgIpc) is 2.29. The highest BCUT2D eigenvalue weighted by atomic mass is 16.3. The molecule has 15 heavy (non-hydrogen) atoms. The Labute approximate surface area is 90.6 Å². The lowest BCUT2D eigenvalue weighted by atomic mass is 9.87. The number of aryl methyl sites for hydroxylation is 1. The Hall–Kier alpha value is -1.02. The van der Waals surface area contributed by atoms with E-state index in [0.717, 1.165) is 30.4 Å². The molecule has 1 aromatic rings. The van der Waals surface area contributed by atoms with Crippen LogP contribution >= 0.6 is 0 Å². The number of aliphatic hydroxyl groups excluding tert-OH is 1. The molecule has 0 radical (unpaired) electrons. The van der Waals surface area contributed by atoms with Crippen molar-refractivity contribution >= 4 is 0 Å². The molecule has 0 fully saturated rings. The topological polar surface area (TPSA) is 40.5 Å². The van der Waals surface area contributed by atoms with Crippen LogP contribution in [0, 0.1) is 0 Å². The van der Waals surface area contributed by atoms with E-state index in [9.17, 15) is 5.11 Å². The minimum absolute atomic E-state index is 0.0252. The zero-order valence-corrected chi connectivity index (χ0v) is 9.16. The van der Waals surface area contributed by atoms with Gasteiger partial charge in [-0.3, -0.25) is 0 Å². The number of aromatic hydroxyl groups is 1. The van der Waals surface area contributed by atoms with Gasteiger partial charge in [0.2, 0.25) is 0 Å². The summed E-state index contributed by atoms with van der Waals surface area (Å²) < 4.78 is 0. The molecule has 1 aliphatic carbocycles. The monoisotopic (exact) mass is 206 g/mol. The maximum atomic E-state index is 10.1. The van der Waals surface area contributed by atoms with E-state index in [0.29, 0.717) is 5.75 Å². The lowest BCUT2D eigenvalue weighted by Crippen LogP contribution is -2.07. The Kier molecular flexibility index (Phi) is 2.96. The lowest BCUT2D eigenvalue weighted by Gasteiger charge is -2.20. The van der Waals surface area contributed by atoms with E-state index in [1.54, 1.807) is 0 Å². The normalized spacial score (nSPS) is 17.2. The van der Waals surface area contributed by atoms with Crippen molar-refractivity contribution < 1.29 is 10.2 Å². The maximum Gasteiger partial charge on any atom is 0.122 e. The van der Waals surface area contributed by atoms with Gasteiger partial charge in [0.1, 0.15) is 5.75 Å². The number of aliphatic hydroxyl groups is 1. The Morgan fingerprint density at radius 1 is 1.27 bits per heavy atom. The smallest absolute Gasteiger partial charge is 0.122 e. The zero-order valence-electron chi connectivity index (χ0n) is 9.16. The summed E-state index contributed by atoms with van der Waals surface area (Å²) >= 11 is 0. The second kappa shape index (κ2) is 4.23.